The first kappa shape index (κ1) is 19.9. The predicted octanol–water partition coefficient (Wildman–Crippen LogP) is 2.19. The van der Waals surface area contributed by atoms with Crippen LogP contribution in [0.3, 0.4) is 0 Å². The van der Waals surface area contributed by atoms with Crippen LogP contribution in [0.1, 0.15) is 28.7 Å². The average Bonchev–Trinajstić information content (AvgIpc) is 3.18. The van der Waals surface area contributed by atoms with Gasteiger partial charge in [0.1, 0.15) is 24.4 Å². The molecule has 2 aromatic rings. The lowest BCUT2D eigenvalue weighted by molar-refractivity contribution is -0.135. The zero-order valence-electron chi connectivity index (χ0n) is 17.2. The van der Waals surface area contributed by atoms with Gasteiger partial charge in [0.2, 0.25) is 5.91 Å². The number of urea groups is 1. The fraction of sp³-hybridized carbons (Fsp3) is 0.348. The van der Waals surface area contributed by atoms with Gasteiger partial charge in [-0.05, 0) is 61.1 Å². The molecule has 0 radical (unpaired) electrons. The zero-order valence-corrected chi connectivity index (χ0v) is 17.2. The third kappa shape index (κ3) is 3.63. The summed E-state index contributed by atoms with van der Waals surface area (Å²) in [5.41, 5.74) is 3.05. The van der Waals surface area contributed by atoms with Crippen LogP contribution in [-0.4, -0.2) is 42.4 Å². The highest BCUT2D eigenvalue weighted by molar-refractivity contribution is 6.09. The average molecular weight is 407 g/mol. The van der Waals surface area contributed by atoms with Crippen molar-refractivity contribution in [2.45, 2.75) is 32.2 Å². The summed E-state index contributed by atoms with van der Waals surface area (Å²) >= 11 is 0. The van der Waals surface area contributed by atoms with Crippen molar-refractivity contribution in [2.24, 2.45) is 0 Å². The van der Waals surface area contributed by atoms with Gasteiger partial charge < -0.3 is 15.4 Å². The lowest BCUT2D eigenvalue weighted by atomic mass is 9.92. The molecule has 0 aromatic heterocycles. The Morgan fingerprint density at radius 2 is 1.90 bits per heavy atom. The van der Waals surface area contributed by atoms with E-state index in [1.807, 2.05) is 50.2 Å². The summed E-state index contributed by atoms with van der Waals surface area (Å²) in [5.74, 6) is -0.0115. The summed E-state index contributed by atoms with van der Waals surface area (Å²) in [7, 11) is 0. The van der Waals surface area contributed by atoms with E-state index >= 15 is 0 Å². The highest BCUT2D eigenvalue weighted by Gasteiger charge is 2.55. The Balaban J connectivity index is 1.32. The molecule has 1 unspecified atom stereocenters. The second-order valence-electron chi connectivity index (χ2n) is 7.91. The fourth-order valence-electron chi connectivity index (χ4n) is 4.31. The van der Waals surface area contributed by atoms with Gasteiger partial charge in [0, 0.05) is 0 Å². The molecule has 1 fully saturated rings. The molecule has 1 saturated heterocycles. The number of ether oxygens (including phenoxy) is 1. The number of imide groups is 1. The Morgan fingerprint density at radius 3 is 2.67 bits per heavy atom. The van der Waals surface area contributed by atoms with E-state index in [0.29, 0.717) is 13.0 Å². The minimum Gasteiger partial charge on any atom is -0.492 e. The summed E-state index contributed by atoms with van der Waals surface area (Å²) in [6.45, 7) is 4.26. The second-order valence-corrected chi connectivity index (χ2v) is 7.91. The Labute approximate surface area is 175 Å². The number of hydrogen-bond acceptors (Lipinski definition) is 4. The molecule has 2 aliphatic rings. The lowest BCUT2D eigenvalue weighted by Crippen LogP contribution is -2.44. The van der Waals surface area contributed by atoms with E-state index in [9.17, 15) is 14.4 Å². The molecule has 0 bridgehead atoms. The van der Waals surface area contributed by atoms with E-state index in [0.717, 1.165) is 39.3 Å². The molecule has 0 saturated carbocycles. The van der Waals surface area contributed by atoms with Crippen LogP contribution >= 0.6 is 0 Å². The van der Waals surface area contributed by atoms with Crippen LogP contribution in [0.2, 0.25) is 0 Å². The molecule has 4 rings (SSSR count). The van der Waals surface area contributed by atoms with Crippen LogP contribution < -0.4 is 15.4 Å². The summed E-state index contributed by atoms with van der Waals surface area (Å²) < 4.78 is 5.67. The molecule has 4 amide bonds. The summed E-state index contributed by atoms with van der Waals surface area (Å²) in [4.78, 5) is 38.8. The lowest BCUT2D eigenvalue weighted by Gasteiger charge is -2.22. The first-order chi connectivity index (χ1) is 14.4. The van der Waals surface area contributed by atoms with E-state index < -0.39 is 17.5 Å². The molecule has 1 heterocycles. The topological polar surface area (TPSA) is 87.7 Å². The van der Waals surface area contributed by atoms with Crippen LogP contribution in [-0.2, 0) is 21.5 Å². The van der Waals surface area contributed by atoms with Crippen molar-refractivity contribution in [3.63, 3.8) is 0 Å². The number of amides is 4. The maximum atomic E-state index is 13.1. The molecule has 1 aliphatic heterocycles. The van der Waals surface area contributed by atoms with Crippen LogP contribution in [0.4, 0.5) is 4.79 Å². The van der Waals surface area contributed by atoms with Gasteiger partial charge in [0.15, 0.2) is 0 Å². The van der Waals surface area contributed by atoms with Gasteiger partial charge in [-0.15, -0.1) is 0 Å². The number of hydrogen-bond donors (Lipinski definition) is 2. The van der Waals surface area contributed by atoms with E-state index in [1.54, 1.807) is 0 Å². The number of aryl methyl sites for hydroxylation is 3. The summed E-state index contributed by atoms with van der Waals surface area (Å²) in [6, 6.07) is 13.0. The molecular weight excluding hydrogens is 382 g/mol. The molecule has 156 valence electrons. The highest BCUT2D eigenvalue weighted by atomic mass is 16.5. The molecule has 1 spiro atoms. The van der Waals surface area contributed by atoms with Crippen molar-refractivity contribution in [2.75, 3.05) is 19.7 Å². The van der Waals surface area contributed by atoms with Crippen LogP contribution in [0.25, 0.3) is 0 Å². The normalized spacial score (nSPS) is 19.7. The summed E-state index contributed by atoms with van der Waals surface area (Å²) in [5, 5.41) is 5.53. The van der Waals surface area contributed by atoms with Crippen molar-refractivity contribution >= 4 is 17.8 Å². The maximum absolute atomic E-state index is 13.1. The Bertz CT molecular complexity index is 999. The zero-order chi connectivity index (χ0) is 21.3. The largest absolute Gasteiger partial charge is 0.492 e. The van der Waals surface area contributed by atoms with E-state index in [-0.39, 0.29) is 19.0 Å². The van der Waals surface area contributed by atoms with Crippen LogP contribution in [0.15, 0.2) is 42.5 Å². The van der Waals surface area contributed by atoms with Crippen molar-refractivity contribution in [1.29, 1.82) is 0 Å². The predicted molar refractivity (Wildman–Crippen MR) is 111 cm³/mol. The van der Waals surface area contributed by atoms with E-state index in [4.69, 9.17) is 4.74 Å². The first-order valence-electron chi connectivity index (χ1n) is 10.1. The standard InChI is InChI=1S/C23H25N3O4/c1-15-11-16(2)13-18(12-15)30-10-9-24-20(27)14-26-21(28)23(25-22(26)29)8-7-17-5-3-4-6-19(17)23/h3-6,11-13H,7-10,14H2,1-2H3,(H,24,27)(H,25,29). The van der Waals surface area contributed by atoms with Crippen LogP contribution in [0, 0.1) is 13.8 Å². The second kappa shape index (κ2) is 7.82. The Morgan fingerprint density at radius 1 is 1.17 bits per heavy atom. The van der Waals surface area contributed by atoms with Crippen LogP contribution in [0.5, 0.6) is 5.75 Å². The monoisotopic (exact) mass is 407 g/mol. The van der Waals surface area contributed by atoms with Crippen molar-refractivity contribution in [3.05, 3.63) is 64.7 Å². The van der Waals surface area contributed by atoms with Gasteiger partial charge >= 0.3 is 6.03 Å². The number of benzene rings is 2. The fourth-order valence-corrected chi connectivity index (χ4v) is 4.31. The minimum absolute atomic E-state index is 0.281. The van der Waals surface area contributed by atoms with Gasteiger partial charge in [-0.2, -0.15) is 0 Å². The molecular formula is C23H25N3O4. The molecule has 2 aromatic carbocycles. The van der Waals surface area contributed by atoms with Gasteiger partial charge in [-0.3, -0.25) is 14.5 Å². The van der Waals surface area contributed by atoms with Gasteiger partial charge in [-0.1, -0.05) is 30.3 Å². The Kier molecular flexibility index (Phi) is 5.20. The first-order valence-corrected chi connectivity index (χ1v) is 10.1. The molecule has 7 nitrogen and oxygen atoms in total. The number of nitrogens with one attached hydrogen (secondary N) is 2. The third-order valence-corrected chi connectivity index (χ3v) is 5.61. The molecule has 2 N–H and O–H groups in total. The molecule has 1 aliphatic carbocycles. The number of fused-ring (bicyclic) bond motifs is 2. The third-order valence-electron chi connectivity index (χ3n) is 5.61. The highest BCUT2D eigenvalue weighted by Crippen LogP contribution is 2.41. The minimum atomic E-state index is -1.04. The number of rotatable bonds is 6. The Hall–Kier alpha value is -3.35. The number of nitrogens with zero attached hydrogens (tertiary/aromatic N) is 1. The van der Waals surface area contributed by atoms with Crippen molar-refractivity contribution in [3.8, 4) is 5.75 Å². The van der Waals surface area contributed by atoms with Gasteiger partial charge in [0.05, 0.1) is 6.54 Å². The molecule has 7 heteroatoms. The SMILES string of the molecule is Cc1cc(C)cc(OCCNC(=O)CN2C(=O)NC3(CCc4ccccc43)C2=O)c1. The van der Waals surface area contributed by atoms with E-state index in [2.05, 4.69) is 16.7 Å². The van der Waals surface area contributed by atoms with E-state index in [1.165, 1.54) is 0 Å². The molecule has 1 atom stereocenters. The van der Waals surface area contributed by atoms with Gasteiger partial charge in [-0.25, -0.2) is 4.79 Å². The maximum Gasteiger partial charge on any atom is 0.325 e. The van der Waals surface area contributed by atoms with Crippen molar-refractivity contribution < 1.29 is 19.1 Å². The molecule has 30 heavy (non-hydrogen) atoms. The quantitative estimate of drug-likeness (QED) is 0.568. The number of carbonyl (C=O) groups is 3. The van der Waals surface area contributed by atoms with Gasteiger partial charge in [0.25, 0.3) is 5.91 Å². The summed E-state index contributed by atoms with van der Waals surface area (Å²) in [6.07, 6.45) is 1.23. The smallest absolute Gasteiger partial charge is 0.325 e. The van der Waals surface area contributed by atoms with Crippen molar-refractivity contribution in [1.82, 2.24) is 15.5 Å². The number of carbonyl (C=O) groups excluding carboxylic acids is 3.